The summed E-state index contributed by atoms with van der Waals surface area (Å²) in [6.07, 6.45) is 0.0297. The van der Waals surface area contributed by atoms with Gasteiger partial charge in [0.1, 0.15) is 9.79 Å². The van der Waals surface area contributed by atoms with E-state index in [2.05, 4.69) is 0 Å². The molecule has 5 rings (SSSR count). The molecule has 0 saturated carbocycles. The van der Waals surface area contributed by atoms with Gasteiger partial charge in [-0.05, 0) is 64.6 Å². The number of phenols is 1. The van der Waals surface area contributed by atoms with Crippen molar-refractivity contribution in [2.45, 2.75) is 34.2 Å². The summed E-state index contributed by atoms with van der Waals surface area (Å²) in [4.78, 5) is -1.22. The van der Waals surface area contributed by atoms with Gasteiger partial charge in [-0.1, -0.05) is 114 Å². The molecule has 0 aliphatic carbocycles. The molecule has 0 aliphatic heterocycles. The normalized spacial score (nSPS) is 12.3. The summed E-state index contributed by atoms with van der Waals surface area (Å²) in [5.74, 6) is -1.02. The molecular weight excluding hydrogens is 751 g/mol. The number of aromatic hydroxyl groups is 1. The minimum Gasteiger partial charge on any atom is -0.505 e. The zero-order chi connectivity index (χ0) is 35.6. The van der Waals surface area contributed by atoms with Gasteiger partial charge in [-0.2, -0.15) is 4.31 Å². The first-order valence-electron chi connectivity index (χ1n) is 14.5. The number of sulfone groups is 1. The van der Waals surface area contributed by atoms with Gasteiger partial charge >= 0.3 is 0 Å². The Bertz CT molecular complexity index is 2340. The second-order valence-electron chi connectivity index (χ2n) is 11.1. The Balaban J connectivity index is 1.43. The van der Waals surface area contributed by atoms with Crippen LogP contribution < -0.4 is 5.14 Å². The smallest absolute Gasteiger partial charge is 0.247 e. The predicted molar refractivity (Wildman–Crippen MR) is 191 cm³/mol. The third kappa shape index (κ3) is 8.83. The molecule has 0 aromatic heterocycles. The van der Waals surface area contributed by atoms with Crippen molar-refractivity contribution in [1.82, 2.24) is 4.31 Å². The molecule has 0 radical (unpaired) electrons. The molecule has 5 aromatic rings. The van der Waals surface area contributed by atoms with Crippen molar-refractivity contribution >= 4 is 64.7 Å². The summed E-state index contributed by atoms with van der Waals surface area (Å²) in [6, 6.07) is 29.5. The standard InChI is InChI=1S/C34H29Cl3N2O7S3/c35-28-18-31(37)34(40)33(19-28)49(45,46)39(21-24-9-11-27(12-10-24)26-7-2-1-3-8-26)22-25-6-4-5-23(17-25)15-16-47(41,42)29-13-14-30(36)32(20-29)48(38,43)44/h1-14,17-20,40H,15-16,21-22H2,(H2,38,43,44). The van der Waals surface area contributed by atoms with E-state index < -0.39 is 45.4 Å². The Kier molecular flexibility index (Phi) is 11.1. The van der Waals surface area contributed by atoms with Gasteiger partial charge in [0.25, 0.3) is 0 Å². The predicted octanol–water partition coefficient (Wildman–Crippen LogP) is 7.07. The number of hydrogen-bond acceptors (Lipinski definition) is 7. The van der Waals surface area contributed by atoms with E-state index in [1.807, 2.05) is 54.6 Å². The summed E-state index contributed by atoms with van der Waals surface area (Å²) >= 11 is 18.1. The Labute approximate surface area is 300 Å². The first kappa shape index (κ1) is 36.8. The van der Waals surface area contributed by atoms with Crippen molar-refractivity contribution in [2.75, 3.05) is 5.75 Å². The average Bonchev–Trinajstić information content (AvgIpc) is 3.05. The number of aryl methyl sites for hydroxylation is 1. The Hall–Kier alpha value is -3.46. The number of nitrogens with zero attached hydrogens (tertiary/aromatic N) is 1. The minimum atomic E-state index is -4.39. The SMILES string of the molecule is NS(=O)(=O)c1cc(S(=O)(=O)CCc2cccc(CN(Cc3ccc(-c4ccccc4)cc3)S(=O)(=O)c3cc(Cl)cc(Cl)c3O)c2)ccc1Cl. The molecule has 0 unspecified atom stereocenters. The van der Waals surface area contributed by atoms with E-state index in [9.17, 15) is 30.4 Å². The van der Waals surface area contributed by atoms with E-state index in [0.717, 1.165) is 29.3 Å². The van der Waals surface area contributed by atoms with Gasteiger partial charge in [0.15, 0.2) is 15.6 Å². The molecule has 3 N–H and O–H groups in total. The first-order chi connectivity index (χ1) is 23.0. The molecule has 0 bridgehead atoms. The van der Waals surface area contributed by atoms with Gasteiger partial charge in [-0.25, -0.2) is 30.4 Å². The summed E-state index contributed by atoms with van der Waals surface area (Å²) in [5, 5.41) is 15.4. The number of hydrogen-bond donors (Lipinski definition) is 2. The molecule has 0 fully saturated rings. The lowest BCUT2D eigenvalue weighted by molar-refractivity contribution is 0.394. The zero-order valence-electron chi connectivity index (χ0n) is 25.5. The number of halogens is 3. The van der Waals surface area contributed by atoms with Crippen LogP contribution in [0.25, 0.3) is 11.1 Å². The fourth-order valence-electron chi connectivity index (χ4n) is 5.09. The van der Waals surface area contributed by atoms with Gasteiger partial charge in [0.2, 0.25) is 20.0 Å². The highest BCUT2D eigenvalue weighted by molar-refractivity contribution is 7.91. The molecule has 0 amide bonds. The number of benzene rings is 5. The van der Waals surface area contributed by atoms with E-state index in [1.54, 1.807) is 24.3 Å². The van der Waals surface area contributed by atoms with E-state index in [-0.39, 0.29) is 45.2 Å². The first-order valence-corrected chi connectivity index (χ1v) is 20.3. The van der Waals surface area contributed by atoms with Gasteiger partial charge in [0.05, 0.1) is 20.7 Å². The lowest BCUT2D eigenvalue weighted by Gasteiger charge is -2.24. The lowest BCUT2D eigenvalue weighted by Crippen LogP contribution is -2.30. The highest BCUT2D eigenvalue weighted by Gasteiger charge is 2.30. The van der Waals surface area contributed by atoms with Gasteiger partial charge in [0, 0.05) is 18.1 Å². The van der Waals surface area contributed by atoms with Crippen LogP contribution in [0.3, 0.4) is 0 Å². The van der Waals surface area contributed by atoms with Crippen LogP contribution in [0.15, 0.2) is 124 Å². The maximum atomic E-state index is 14.1. The van der Waals surface area contributed by atoms with Gasteiger partial charge < -0.3 is 5.11 Å². The van der Waals surface area contributed by atoms with Crippen molar-refractivity contribution in [3.63, 3.8) is 0 Å². The van der Waals surface area contributed by atoms with Crippen LogP contribution in [-0.2, 0) is 49.4 Å². The largest absolute Gasteiger partial charge is 0.505 e. The van der Waals surface area contributed by atoms with Crippen molar-refractivity contribution in [3.05, 3.63) is 141 Å². The highest BCUT2D eigenvalue weighted by atomic mass is 35.5. The Morgan fingerprint density at radius 1 is 0.612 bits per heavy atom. The second-order valence-corrected chi connectivity index (χ2v) is 17.9. The van der Waals surface area contributed by atoms with Gasteiger partial charge in [-0.15, -0.1) is 0 Å². The minimum absolute atomic E-state index is 0.0219. The van der Waals surface area contributed by atoms with Crippen LogP contribution in [0.2, 0.25) is 15.1 Å². The Morgan fingerprint density at radius 2 is 1.24 bits per heavy atom. The number of sulfonamides is 2. The molecule has 0 atom stereocenters. The maximum absolute atomic E-state index is 14.1. The lowest BCUT2D eigenvalue weighted by atomic mass is 10.0. The van der Waals surface area contributed by atoms with Crippen LogP contribution in [0.4, 0.5) is 0 Å². The molecule has 5 aromatic carbocycles. The molecular formula is C34H29Cl3N2O7S3. The molecule has 0 aliphatic rings. The highest BCUT2D eigenvalue weighted by Crippen LogP contribution is 2.37. The third-order valence-corrected chi connectivity index (χ3v) is 13.0. The van der Waals surface area contributed by atoms with Crippen molar-refractivity contribution in [3.8, 4) is 16.9 Å². The summed E-state index contributed by atoms with van der Waals surface area (Å²) in [6.45, 7) is -0.232. The molecule has 0 spiro atoms. The van der Waals surface area contributed by atoms with Crippen LogP contribution in [0.5, 0.6) is 5.75 Å². The number of rotatable bonds is 12. The third-order valence-electron chi connectivity index (χ3n) is 7.61. The van der Waals surface area contributed by atoms with E-state index in [1.165, 1.54) is 16.4 Å². The van der Waals surface area contributed by atoms with Crippen molar-refractivity contribution < 1.29 is 30.4 Å². The van der Waals surface area contributed by atoms with Crippen LogP contribution >= 0.6 is 34.8 Å². The molecule has 49 heavy (non-hydrogen) atoms. The van der Waals surface area contributed by atoms with Crippen molar-refractivity contribution in [1.29, 1.82) is 0 Å². The molecule has 256 valence electrons. The number of primary sulfonamides is 1. The maximum Gasteiger partial charge on any atom is 0.247 e. The molecule has 9 nitrogen and oxygen atoms in total. The van der Waals surface area contributed by atoms with E-state index in [0.29, 0.717) is 16.7 Å². The monoisotopic (exact) mass is 778 g/mol. The van der Waals surface area contributed by atoms with E-state index in [4.69, 9.17) is 39.9 Å². The quantitative estimate of drug-likeness (QED) is 0.137. The van der Waals surface area contributed by atoms with Crippen LogP contribution in [0.1, 0.15) is 16.7 Å². The number of phenolic OH excluding ortho intramolecular Hbond substituents is 1. The summed E-state index contributed by atoms with van der Waals surface area (Å²) in [7, 11) is -12.6. The van der Waals surface area contributed by atoms with Crippen LogP contribution in [-0.4, -0.2) is 40.4 Å². The fourth-order valence-corrected chi connectivity index (χ4v) is 9.71. The second kappa shape index (κ2) is 14.8. The number of nitrogens with two attached hydrogens (primary N) is 1. The Morgan fingerprint density at radius 3 is 1.92 bits per heavy atom. The average molecular weight is 780 g/mol. The van der Waals surface area contributed by atoms with Crippen LogP contribution in [0, 0.1) is 0 Å². The zero-order valence-corrected chi connectivity index (χ0v) is 30.2. The topological polar surface area (TPSA) is 152 Å². The van der Waals surface area contributed by atoms with E-state index >= 15 is 0 Å². The summed E-state index contributed by atoms with van der Waals surface area (Å²) < 4.78 is 79.3. The summed E-state index contributed by atoms with van der Waals surface area (Å²) in [5.41, 5.74) is 3.73. The van der Waals surface area contributed by atoms with Gasteiger partial charge in [-0.3, -0.25) is 0 Å². The molecule has 15 heteroatoms. The molecule has 0 saturated heterocycles. The molecule has 0 heterocycles. The van der Waals surface area contributed by atoms with Crippen molar-refractivity contribution in [2.24, 2.45) is 5.14 Å². The fraction of sp³-hybridized carbons (Fsp3) is 0.118.